The zero-order valence-electron chi connectivity index (χ0n) is 14.3. The molecule has 0 atom stereocenters. The summed E-state index contributed by atoms with van der Waals surface area (Å²) in [6.45, 7) is 6.80. The number of morpholine rings is 1. The molecule has 6 heteroatoms. The van der Waals surface area contributed by atoms with Crippen LogP contribution < -0.4 is 5.32 Å². The quantitative estimate of drug-likeness (QED) is 0.903. The Morgan fingerprint density at radius 3 is 2.62 bits per heavy atom. The third-order valence-electron chi connectivity index (χ3n) is 4.54. The van der Waals surface area contributed by atoms with Crippen molar-refractivity contribution in [1.29, 1.82) is 0 Å². The highest BCUT2D eigenvalue weighted by molar-refractivity contribution is 5.94. The SMILES string of the molecule is Cc1c(C(=O)NCc2ccccc2CN2CCOCC2)cnn1C. The number of ether oxygens (including phenoxy) is 1. The summed E-state index contributed by atoms with van der Waals surface area (Å²) < 4.78 is 7.11. The predicted octanol–water partition coefficient (Wildman–Crippen LogP) is 1.49. The van der Waals surface area contributed by atoms with Gasteiger partial charge in [-0.05, 0) is 18.1 Å². The van der Waals surface area contributed by atoms with Gasteiger partial charge in [0, 0.05) is 38.9 Å². The van der Waals surface area contributed by atoms with Gasteiger partial charge in [0.25, 0.3) is 5.91 Å². The molecule has 0 saturated carbocycles. The monoisotopic (exact) mass is 328 g/mol. The fourth-order valence-electron chi connectivity index (χ4n) is 2.88. The number of benzene rings is 1. The van der Waals surface area contributed by atoms with Gasteiger partial charge in [-0.15, -0.1) is 0 Å². The maximum Gasteiger partial charge on any atom is 0.255 e. The number of aromatic nitrogens is 2. The molecular formula is C18H24N4O2. The van der Waals surface area contributed by atoms with Crippen LogP contribution in [0.2, 0.25) is 0 Å². The molecule has 0 bridgehead atoms. The number of amides is 1. The summed E-state index contributed by atoms with van der Waals surface area (Å²) in [6, 6.07) is 8.27. The molecule has 0 radical (unpaired) electrons. The van der Waals surface area contributed by atoms with Crippen molar-refractivity contribution in [1.82, 2.24) is 20.0 Å². The van der Waals surface area contributed by atoms with Crippen LogP contribution in [0.1, 0.15) is 27.2 Å². The van der Waals surface area contributed by atoms with E-state index in [9.17, 15) is 4.79 Å². The number of rotatable bonds is 5. The van der Waals surface area contributed by atoms with Gasteiger partial charge in [0.2, 0.25) is 0 Å². The lowest BCUT2D eigenvalue weighted by molar-refractivity contribution is 0.0340. The predicted molar refractivity (Wildman–Crippen MR) is 91.7 cm³/mol. The van der Waals surface area contributed by atoms with Gasteiger partial charge in [0.1, 0.15) is 0 Å². The molecule has 128 valence electrons. The van der Waals surface area contributed by atoms with E-state index in [2.05, 4.69) is 27.4 Å². The van der Waals surface area contributed by atoms with E-state index in [1.54, 1.807) is 10.9 Å². The van der Waals surface area contributed by atoms with E-state index in [-0.39, 0.29) is 5.91 Å². The molecule has 3 rings (SSSR count). The first-order valence-corrected chi connectivity index (χ1v) is 8.29. The van der Waals surface area contributed by atoms with Crippen LogP contribution >= 0.6 is 0 Å². The van der Waals surface area contributed by atoms with Crippen molar-refractivity contribution < 1.29 is 9.53 Å². The van der Waals surface area contributed by atoms with Gasteiger partial charge in [-0.2, -0.15) is 5.10 Å². The van der Waals surface area contributed by atoms with Crippen LogP contribution in [0.25, 0.3) is 0 Å². The van der Waals surface area contributed by atoms with Gasteiger partial charge < -0.3 is 10.1 Å². The second kappa shape index (κ2) is 7.59. The molecule has 1 aromatic heterocycles. The van der Waals surface area contributed by atoms with Crippen molar-refractivity contribution >= 4 is 5.91 Å². The molecule has 2 heterocycles. The highest BCUT2D eigenvalue weighted by Gasteiger charge is 2.15. The summed E-state index contributed by atoms with van der Waals surface area (Å²) in [4.78, 5) is 14.7. The van der Waals surface area contributed by atoms with Crippen molar-refractivity contribution in [2.75, 3.05) is 26.3 Å². The lowest BCUT2D eigenvalue weighted by atomic mass is 10.1. The lowest BCUT2D eigenvalue weighted by Crippen LogP contribution is -2.36. The van der Waals surface area contributed by atoms with Crippen LogP contribution in [0.15, 0.2) is 30.5 Å². The minimum Gasteiger partial charge on any atom is -0.379 e. The Balaban J connectivity index is 1.64. The number of nitrogens with one attached hydrogen (secondary N) is 1. The van der Waals surface area contributed by atoms with Crippen LogP contribution in [-0.2, 0) is 24.9 Å². The van der Waals surface area contributed by atoms with Gasteiger partial charge in [-0.3, -0.25) is 14.4 Å². The van der Waals surface area contributed by atoms with E-state index >= 15 is 0 Å². The van der Waals surface area contributed by atoms with Crippen LogP contribution in [0.3, 0.4) is 0 Å². The van der Waals surface area contributed by atoms with E-state index in [1.807, 2.05) is 26.1 Å². The van der Waals surface area contributed by atoms with E-state index in [4.69, 9.17) is 4.74 Å². The Labute approximate surface area is 142 Å². The van der Waals surface area contributed by atoms with Crippen LogP contribution in [0.5, 0.6) is 0 Å². The van der Waals surface area contributed by atoms with Crippen molar-refractivity contribution in [2.24, 2.45) is 7.05 Å². The molecule has 1 N–H and O–H groups in total. The standard InChI is InChI=1S/C18H24N4O2/c1-14-17(12-20-21(14)2)18(23)19-11-15-5-3-4-6-16(15)13-22-7-9-24-10-8-22/h3-6,12H,7-11,13H2,1-2H3,(H,19,23). The summed E-state index contributed by atoms with van der Waals surface area (Å²) in [7, 11) is 1.84. The lowest BCUT2D eigenvalue weighted by Gasteiger charge is -2.27. The van der Waals surface area contributed by atoms with Gasteiger partial charge >= 0.3 is 0 Å². The maximum absolute atomic E-state index is 12.4. The molecule has 1 aliphatic rings. The van der Waals surface area contributed by atoms with Gasteiger partial charge in [0.05, 0.1) is 25.0 Å². The number of carbonyl (C=O) groups is 1. The van der Waals surface area contributed by atoms with E-state index in [0.29, 0.717) is 12.1 Å². The Hall–Kier alpha value is -2.18. The molecule has 6 nitrogen and oxygen atoms in total. The number of carbonyl (C=O) groups excluding carboxylic acids is 1. The van der Waals surface area contributed by atoms with Crippen LogP contribution in [0.4, 0.5) is 0 Å². The minimum atomic E-state index is -0.0817. The summed E-state index contributed by atoms with van der Waals surface area (Å²) in [5, 5.41) is 7.14. The van der Waals surface area contributed by atoms with E-state index in [0.717, 1.165) is 44.1 Å². The van der Waals surface area contributed by atoms with Crippen molar-refractivity contribution in [3.8, 4) is 0 Å². The fourth-order valence-corrected chi connectivity index (χ4v) is 2.88. The zero-order chi connectivity index (χ0) is 16.9. The molecule has 1 fully saturated rings. The Bertz CT molecular complexity index is 705. The molecule has 24 heavy (non-hydrogen) atoms. The Morgan fingerprint density at radius 1 is 1.25 bits per heavy atom. The van der Waals surface area contributed by atoms with Crippen molar-refractivity contribution in [3.63, 3.8) is 0 Å². The number of aryl methyl sites for hydroxylation is 1. The summed E-state index contributed by atoms with van der Waals surface area (Å²) in [6.07, 6.45) is 1.62. The second-order valence-electron chi connectivity index (χ2n) is 6.11. The summed E-state index contributed by atoms with van der Waals surface area (Å²) in [5.74, 6) is -0.0817. The second-order valence-corrected chi connectivity index (χ2v) is 6.11. The largest absolute Gasteiger partial charge is 0.379 e. The first-order chi connectivity index (χ1) is 11.6. The first kappa shape index (κ1) is 16.7. The van der Waals surface area contributed by atoms with E-state index in [1.165, 1.54) is 5.56 Å². The Kier molecular flexibility index (Phi) is 5.27. The van der Waals surface area contributed by atoms with E-state index < -0.39 is 0 Å². The highest BCUT2D eigenvalue weighted by atomic mass is 16.5. The normalized spacial score (nSPS) is 15.4. The van der Waals surface area contributed by atoms with Crippen molar-refractivity contribution in [2.45, 2.75) is 20.0 Å². The first-order valence-electron chi connectivity index (χ1n) is 8.29. The molecule has 1 saturated heterocycles. The number of hydrogen-bond donors (Lipinski definition) is 1. The number of hydrogen-bond acceptors (Lipinski definition) is 4. The fraction of sp³-hybridized carbons (Fsp3) is 0.444. The smallest absolute Gasteiger partial charge is 0.255 e. The molecular weight excluding hydrogens is 304 g/mol. The zero-order valence-corrected chi connectivity index (χ0v) is 14.3. The average Bonchev–Trinajstić information content (AvgIpc) is 2.94. The number of nitrogens with zero attached hydrogens (tertiary/aromatic N) is 3. The van der Waals surface area contributed by atoms with Crippen LogP contribution in [-0.4, -0.2) is 46.9 Å². The summed E-state index contributed by atoms with van der Waals surface area (Å²) >= 11 is 0. The topological polar surface area (TPSA) is 59.4 Å². The molecule has 1 aliphatic heterocycles. The van der Waals surface area contributed by atoms with Gasteiger partial charge in [-0.1, -0.05) is 24.3 Å². The van der Waals surface area contributed by atoms with Gasteiger partial charge in [0.15, 0.2) is 0 Å². The maximum atomic E-state index is 12.4. The third-order valence-corrected chi connectivity index (χ3v) is 4.54. The van der Waals surface area contributed by atoms with Gasteiger partial charge in [-0.25, -0.2) is 0 Å². The molecule has 0 spiro atoms. The Morgan fingerprint density at radius 2 is 1.96 bits per heavy atom. The molecule has 0 unspecified atom stereocenters. The third kappa shape index (κ3) is 3.83. The van der Waals surface area contributed by atoms with Crippen molar-refractivity contribution in [3.05, 3.63) is 52.8 Å². The molecule has 1 aromatic carbocycles. The summed E-state index contributed by atoms with van der Waals surface area (Å²) in [5.41, 5.74) is 3.90. The minimum absolute atomic E-state index is 0.0817. The molecule has 0 aliphatic carbocycles. The average molecular weight is 328 g/mol. The molecule has 2 aromatic rings. The highest BCUT2D eigenvalue weighted by Crippen LogP contribution is 2.13. The van der Waals surface area contributed by atoms with Crippen LogP contribution in [0, 0.1) is 6.92 Å². The molecule has 1 amide bonds.